The summed E-state index contributed by atoms with van der Waals surface area (Å²) >= 11 is 6.09. The van der Waals surface area contributed by atoms with Crippen molar-refractivity contribution in [1.82, 2.24) is 10.3 Å². The number of pyridine rings is 1. The van der Waals surface area contributed by atoms with E-state index in [-0.39, 0.29) is 11.8 Å². The van der Waals surface area contributed by atoms with Gasteiger partial charge < -0.3 is 10.2 Å². The summed E-state index contributed by atoms with van der Waals surface area (Å²) < 4.78 is 0. The number of nitrogens with one attached hydrogen (secondary N) is 1. The summed E-state index contributed by atoms with van der Waals surface area (Å²) in [5.41, 5.74) is 2.14. The lowest BCUT2D eigenvalue weighted by Gasteiger charge is -2.35. The smallest absolute Gasteiger partial charge is 0.223 e. The van der Waals surface area contributed by atoms with Crippen LogP contribution in [0.5, 0.6) is 0 Å². The van der Waals surface area contributed by atoms with Crippen LogP contribution in [0.2, 0.25) is 5.02 Å². The van der Waals surface area contributed by atoms with E-state index in [1.54, 1.807) is 0 Å². The molecule has 4 nitrogen and oxygen atoms in total. The number of hydrogen-bond acceptors (Lipinski definition) is 3. The van der Waals surface area contributed by atoms with Crippen molar-refractivity contribution in [1.29, 1.82) is 0 Å². The number of carbonyl (C=O) groups excluding carboxylic acids is 1. The standard InChI is InChI=1S/C21H26ClN3O/c22-16-6-7-18-19(14-16)23-11-8-20(18)25-12-9-17(10-13-25)24-21(26)15-4-2-1-3-5-15/h6-8,11,14-15,17H,1-5,9-10,12-13H2,(H,24,26). The number of piperidine rings is 1. The van der Waals surface area contributed by atoms with E-state index >= 15 is 0 Å². The molecule has 2 fully saturated rings. The highest BCUT2D eigenvalue weighted by Gasteiger charge is 2.26. The van der Waals surface area contributed by atoms with E-state index in [1.807, 2.05) is 18.3 Å². The van der Waals surface area contributed by atoms with Gasteiger partial charge in [0.2, 0.25) is 5.91 Å². The van der Waals surface area contributed by atoms with Crippen LogP contribution < -0.4 is 10.2 Å². The summed E-state index contributed by atoms with van der Waals surface area (Å²) in [7, 11) is 0. The summed E-state index contributed by atoms with van der Waals surface area (Å²) in [5.74, 6) is 0.530. The van der Waals surface area contributed by atoms with E-state index in [9.17, 15) is 4.79 Å². The van der Waals surface area contributed by atoms with E-state index in [4.69, 9.17) is 11.6 Å². The van der Waals surface area contributed by atoms with Crippen LogP contribution in [0.1, 0.15) is 44.9 Å². The second kappa shape index (κ2) is 7.83. The number of carbonyl (C=O) groups is 1. The predicted molar refractivity (Wildman–Crippen MR) is 107 cm³/mol. The molecule has 1 saturated heterocycles. The normalized spacial score (nSPS) is 19.7. The van der Waals surface area contributed by atoms with Gasteiger partial charge in [-0.2, -0.15) is 0 Å². The van der Waals surface area contributed by atoms with Gasteiger partial charge in [0.1, 0.15) is 0 Å². The minimum atomic E-state index is 0.246. The predicted octanol–water partition coefficient (Wildman–Crippen LogP) is 4.55. The van der Waals surface area contributed by atoms with E-state index in [0.717, 1.165) is 49.7 Å². The summed E-state index contributed by atoms with van der Waals surface area (Å²) in [6, 6.07) is 8.28. The van der Waals surface area contributed by atoms with Crippen molar-refractivity contribution in [2.45, 2.75) is 51.0 Å². The number of halogens is 1. The molecule has 0 spiro atoms. The lowest BCUT2D eigenvalue weighted by atomic mass is 9.88. The third-order valence-electron chi connectivity index (χ3n) is 5.84. The van der Waals surface area contributed by atoms with Crippen molar-refractivity contribution in [3.8, 4) is 0 Å². The minimum Gasteiger partial charge on any atom is -0.371 e. The Morgan fingerprint density at radius 3 is 2.62 bits per heavy atom. The van der Waals surface area contributed by atoms with Crippen LogP contribution in [0, 0.1) is 5.92 Å². The Bertz CT molecular complexity index is 780. The number of amides is 1. The lowest BCUT2D eigenvalue weighted by molar-refractivity contribution is -0.126. The molecule has 0 atom stereocenters. The summed E-state index contributed by atoms with van der Waals surface area (Å²) in [5, 5.41) is 5.16. The van der Waals surface area contributed by atoms with Crippen molar-refractivity contribution in [2.24, 2.45) is 5.92 Å². The molecule has 1 aromatic carbocycles. The van der Waals surface area contributed by atoms with Crippen LogP contribution >= 0.6 is 11.6 Å². The minimum absolute atomic E-state index is 0.246. The van der Waals surface area contributed by atoms with Gasteiger partial charge in [-0.1, -0.05) is 30.9 Å². The Kier molecular flexibility index (Phi) is 5.30. The molecule has 0 radical (unpaired) electrons. The van der Waals surface area contributed by atoms with Crippen molar-refractivity contribution in [3.05, 3.63) is 35.5 Å². The van der Waals surface area contributed by atoms with Crippen LogP contribution in [0.3, 0.4) is 0 Å². The molecule has 5 heteroatoms. The molecule has 1 N–H and O–H groups in total. The van der Waals surface area contributed by atoms with Gasteiger partial charge in [-0.3, -0.25) is 9.78 Å². The maximum atomic E-state index is 12.5. The molecule has 1 aromatic heterocycles. The molecule has 1 amide bonds. The topological polar surface area (TPSA) is 45.2 Å². The van der Waals surface area contributed by atoms with Crippen molar-refractivity contribution < 1.29 is 4.79 Å². The van der Waals surface area contributed by atoms with Gasteiger partial charge >= 0.3 is 0 Å². The van der Waals surface area contributed by atoms with Crippen molar-refractivity contribution >= 4 is 34.1 Å². The Morgan fingerprint density at radius 2 is 1.85 bits per heavy atom. The molecule has 1 saturated carbocycles. The van der Waals surface area contributed by atoms with Crippen molar-refractivity contribution in [3.63, 3.8) is 0 Å². The first kappa shape index (κ1) is 17.6. The van der Waals surface area contributed by atoms with Gasteiger partial charge in [0.25, 0.3) is 0 Å². The SMILES string of the molecule is O=C(NC1CCN(c2ccnc3cc(Cl)ccc23)CC1)C1CCCCC1. The Hall–Kier alpha value is -1.81. The van der Waals surface area contributed by atoms with Gasteiger partial charge in [-0.25, -0.2) is 0 Å². The molecule has 1 aliphatic carbocycles. The molecule has 2 heterocycles. The molecular formula is C21H26ClN3O. The first-order chi connectivity index (χ1) is 12.7. The van der Waals surface area contributed by atoms with Gasteiger partial charge in [-0.15, -0.1) is 0 Å². The third-order valence-corrected chi connectivity index (χ3v) is 6.07. The maximum absolute atomic E-state index is 12.5. The molecule has 26 heavy (non-hydrogen) atoms. The van der Waals surface area contributed by atoms with Crippen LogP contribution in [-0.4, -0.2) is 30.0 Å². The van der Waals surface area contributed by atoms with Crippen LogP contribution in [0.25, 0.3) is 10.9 Å². The quantitative estimate of drug-likeness (QED) is 0.860. The first-order valence-electron chi connectivity index (χ1n) is 9.80. The highest BCUT2D eigenvalue weighted by atomic mass is 35.5. The largest absolute Gasteiger partial charge is 0.371 e. The highest BCUT2D eigenvalue weighted by Crippen LogP contribution is 2.30. The molecule has 0 bridgehead atoms. The highest BCUT2D eigenvalue weighted by molar-refractivity contribution is 6.31. The van der Waals surface area contributed by atoms with E-state index in [0.29, 0.717) is 11.1 Å². The summed E-state index contributed by atoms with van der Waals surface area (Å²) in [6.07, 6.45) is 9.67. The number of aromatic nitrogens is 1. The first-order valence-corrected chi connectivity index (χ1v) is 10.2. The number of hydrogen-bond donors (Lipinski definition) is 1. The molecule has 2 aliphatic rings. The molecule has 0 unspecified atom stereocenters. The number of fused-ring (bicyclic) bond motifs is 1. The number of nitrogens with zero attached hydrogens (tertiary/aromatic N) is 2. The summed E-state index contributed by atoms with van der Waals surface area (Å²) in [4.78, 5) is 19.3. The zero-order valence-corrected chi connectivity index (χ0v) is 15.8. The van der Waals surface area contributed by atoms with E-state index < -0.39 is 0 Å². The average molecular weight is 372 g/mol. The average Bonchev–Trinajstić information content (AvgIpc) is 2.68. The van der Waals surface area contributed by atoms with Crippen molar-refractivity contribution in [2.75, 3.05) is 18.0 Å². The number of rotatable bonds is 3. The zero-order chi connectivity index (χ0) is 17.9. The van der Waals surface area contributed by atoms with E-state index in [2.05, 4.69) is 27.3 Å². The summed E-state index contributed by atoms with van der Waals surface area (Å²) in [6.45, 7) is 1.91. The fourth-order valence-electron chi connectivity index (χ4n) is 4.33. The second-order valence-corrected chi connectivity index (χ2v) is 8.03. The fraction of sp³-hybridized carbons (Fsp3) is 0.524. The lowest BCUT2D eigenvalue weighted by Crippen LogP contribution is -2.46. The van der Waals surface area contributed by atoms with E-state index in [1.165, 1.54) is 24.9 Å². The third kappa shape index (κ3) is 3.80. The van der Waals surface area contributed by atoms with Gasteiger partial charge in [-0.05, 0) is 49.9 Å². The second-order valence-electron chi connectivity index (χ2n) is 7.60. The van der Waals surface area contributed by atoms with Crippen LogP contribution in [-0.2, 0) is 4.79 Å². The Morgan fingerprint density at radius 1 is 1.08 bits per heavy atom. The molecule has 1 aliphatic heterocycles. The monoisotopic (exact) mass is 371 g/mol. The molecule has 138 valence electrons. The Balaban J connectivity index is 1.38. The molecule has 2 aromatic rings. The fourth-order valence-corrected chi connectivity index (χ4v) is 4.50. The number of anilines is 1. The Labute approximate surface area is 159 Å². The molecular weight excluding hydrogens is 346 g/mol. The van der Waals surface area contributed by atoms with Gasteiger partial charge in [0.05, 0.1) is 5.52 Å². The van der Waals surface area contributed by atoms with Crippen LogP contribution in [0.15, 0.2) is 30.5 Å². The maximum Gasteiger partial charge on any atom is 0.223 e. The molecule has 4 rings (SSSR count). The van der Waals surface area contributed by atoms with Crippen LogP contribution in [0.4, 0.5) is 5.69 Å². The van der Waals surface area contributed by atoms with Gasteiger partial charge in [0, 0.05) is 47.3 Å². The number of benzene rings is 1. The zero-order valence-electron chi connectivity index (χ0n) is 15.1. The van der Waals surface area contributed by atoms with Gasteiger partial charge in [0.15, 0.2) is 0 Å².